The molecule has 1 aromatic heterocycles. The predicted molar refractivity (Wildman–Crippen MR) is 115 cm³/mol. The number of nitrogens with zero attached hydrogens (tertiary/aromatic N) is 4. The number of aryl methyl sites for hydroxylation is 1. The fourth-order valence-corrected chi connectivity index (χ4v) is 4.80. The average Bonchev–Trinajstić information content (AvgIpc) is 3.13. The van der Waals surface area contributed by atoms with Crippen LogP contribution in [0.2, 0.25) is 0 Å². The molecule has 2 amide bonds. The van der Waals surface area contributed by atoms with E-state index < -0.39 is 0 Å². The number of rotatable bonds is 4. The number of nitrogens with one attached hydrogen (secondary N) is 2. The summed E-state index contributed by atoms with van der Waals surface area (Å²) in [5.74, 6) is 0.382. The summed E-state index contributed by atoms with van der Waals surface area (Å²) in [6.45, 7) is 3.69. The van der Waals surface area contributed by atoms with Crippen molar-refractivity contribution in [2.24, 2.45) is 13.0 Å². The summed E-state index contributed by atoms with van der Waals surface area (Å²) in [6.07, 6.45) is 5.18. The van der Waals surface area contributed by atoms with Gasteiger partial charge in [-0.2, -0.15) is 5.10 Å². The Bertz CT molecular complexity index is 863. The molecule has 0 bridgehead atoms. The molecule has 7 nitrogen and oxygen atoms in total. The van der Waals surface area contributed by atoms with Crippen molar-refractivity contribution < 1.29 is 4.79 Å². The van der Waals surface area contributed by atoms with Crippen LogP contribution in [0.25, 0.3) is 0 Å². The van der Waals surface area contributed by atoms with Crippen molar-refractivity contribution >= 4 is 11.7 Å². The molecule has 2 N–H and O–H groups in total. The van der Waals surface area contributed by atoms with E-state index in [9.17, 15) is 4.79 Å². The number of amides is 2. The first-order valence-corrected chi connectivity index (χ1v) is 10.6. The molecule has 2 atom stereocenters. The Morgan fingerprint density at radius 1 is 1.31 bits per heavy atom. The molecule has 4 rings (SSSR count). The van der Waals surface area contributed by atoms with E-state index in [1.54, 1.807) is 0 Å². The first-order chi connectivity index (χ1) is 14.0. The van der Waals surface area contributed by atoms with Gasteiger partial charge in [-0.1, -0.05) is 6.07 Å². The topological polar surface area (TPSA) is 65.4 Å². The van der Waals surface area contributed by atoms with Crippen LogP contribution in [0.4, 0.5) is 10.5 Å². The summed E-state index contributed by atoms with van der Waals surface area (Å²) in [5.41, 5.74) is 4.74. The first kappa shape index (κ1) is 19.9. The van der Waals surface area contributed by atoms with Gasteiger partial charge < -0.3 is 15.5 Å². The van der Waals surface area contributed by atoms with Crippen LogP contribution in [-0.4, -0.2) is 59.3 Å². The second-order valence-corrected chi connectivity index (χ2v) is 8.43. The molecule has 0 aliphatic carbocycles. The Hall–Kier alpha value is -2.38. The maximum Gasteiger partial charge on any atom is 0.321 e. The fourth-order valence-electron chi connectivity index (χ4n) is 4.80. The molecule has 0 spiro atoms. The van der Waals surface area contributed by atoms with Gasteiger partial charge in [0, 0.05) is 39.1 Å². The van der Waals surface area contributed by atoms with Crippen LogP contribution in [0.15, 0.2) is 30.5 Å². The van der Waals surface area contributed by atoms with Gasteiger partial charge in [-0.05, 0) is 74.6 Å². The van der Waals surface area contributed by atoms with Crippen LogP contribution in [0.5, 0.6) is 0 Å². The molecule has 29 heavy (non-hydrogen) atoms. The zero-order chi connectivity index (χ0) is 20.4. The van der Waals surface area contributed by atoms with Crippen LogP contribution in [-0.2, 0) is 20.0 Å². The monoisotopic (exact) mass is 396 g/mol. The van der Waals surface area contributed by atoms with E-state index >= 15 is 0 Å². The highest BCUT2D eigenvalue weighted by Gasteiger charge is 2.33. The fraction of sp³-hybridized carbons (Fsp3) is 0.545. The van der Waals surface area contributed by atoms with Gasteiger partial charge in [-0.15, -0.1) is 0 Å². The molecule has 1 saturated heterocycles. The van der Waals surface area contributed by atoms with Gasteiger partial charge in [0.1, 0.15) is 0 Å². The van der Waals surface area contributed by atoms with Crippen molar-refractivity contribution in [2.45, 2.75) is 31.8 Å². The van der Waals surface area contributed by atoms with Crippen molar-refractivity contribution in [3.8, 4) is 0 Å². The number of carbonyl (C=O) groups is 1. The van der Waals surface area contributed by atoms with E-state index in [-0.39, 0.29) is 12.1 Å². The zero-order valence-electron chi connectivity index (χ0n) is 17.7. The summed E-state index contributed by atoms with van der Waals surface area (Å²) in [7, 11) is 6.06. The molecule has 156 valence electrons. The maximum absolute atomic E-state index is 12.9. The highest BCUT2D eigenvalue weighted by atomic mass is 16.2. The number of benzene rings is 1. The summed E-state index contributed by atoms with van der Waals surface area (Å²) >= 11 is 0. The molecule has 7 heteroatoms. The smallest absolute Gasteiger partial charge is 0.321 e. The van der Waals surface area contributed by atoms with Crippen molar-refractivity contribution in [1.82, 2.24) is 24.9 Å². The van der Waals surface area contributed by atoms with Gasteiger partial charge in [-0.3, -0.25) is 9.58 Å². The minimum atomic E-state index is -0.0503. The lowest BCUT2D eigenvalue weighted by Gasteiger charge is -2.40. The summed E-state index contributed by atoms with van der Waals surface area (Å²) in [4.78, 5) is 17.1. The largest absolute Gasteiger partial charge is 0.327 e. The molecule has 2 aromatic rings. The van der Waals surface area contributed by atoms with Crippen LogP contribution in [0.3, 0.4) is 0 Å². The normalized spacial score (nSPS) is 22.2. The summed E-state index contributed by atoms with van der Waals surface area (Å²) < 4.78 is 1.96. The molecular formula is C22H32N6O. The third-order valence-corrected chi connectivity index (χ3v) is 6.37. The van der Waals surface area contributed by atoms with Crippen LogP contribution >= 0.6 is 0 Å². The van der Waals surface area contributed by atoms with Crippen LogP contribution < -0.4 is 10.6 Å². The number of hydrogen-bond acceptors (Lipinski definition) is 4. The number of anilines is 1. The Balaban J connectivity index is 1.43. The Kier molecular flexibility index (Phi) is 5.87. The molecule has 0 saturated carbocycles. The second-order valence-electron chi connectivity index (χ2n) is 8.43. The zero-order valence-corrected chi connectivity index (χ0v) is 17.7. The van der Waals surface area contributed by atoms with E-state index in [1.807, 2.05) is 35.9 Å². The maximum atomic E-state index is 12.9. The van der Waals surface area contributed by atoms with Crippen molar-refractivity contribution in [1.29, 1.82) is 0 Å². The summed E-state index contributed by atoms with van der Waals surface area (Å²) in [6, 6.07) is 8.58. The minimum absolute atomic E-state index is 0.0503. The Morgan fingerprint density at radius 3 is 2.97 bits per heavy atom. The number of carbonyl (C=O) groups excluding carboxylic acids is 1. The third-order valence-electron chi connectivity index (χ3n) is 6.37. The van der Waals surface area contributed by atoms with E-state index in [1.165, 1.54) is 16.8 Å². The van der Waals surface area contributed by atoms with Gasteiger partial charge in [0.15, 0.2) is 0 Å². The number of hydrogen-bond donors (Lipinski definition) is 2. The molecule has 2 aliphatic rings. The van der Waals surface area contributed by atoms with Crippen molar-refractivity contribution in [2.75, 3.05) is 39.0 Å². The van der Waals surface area contributed by atoms with Crippen LogP contribution in [0.1, 0.15) is 35.7 Å². The van der Waals surface area contributed by atoms with E-state index in [4.69, 9.17) is 0 Å². The second kappa shape index (κ2) is 8.55. The lowest BCUT2D eigenvalue weighted by atomic mass is 9.87. The highest BCUT2D eigenvalue weighted by molar-refractivity contribution is 5.89. The molecule has 2 aliphatic heterocycles. The molecule has 0 radical (unpaired) electrons. The molecule has 3 heterocycles. The molecular weight excluding hydrogens is 364 g/mol. The number of likely N-dealkylation sites (tertiary alicyclic amines) is 1. The quantitative estimate of drug-likeness (QED) is 0.834. The van der Waals surface area contributed by atoms with Crippen LogP contribution in [0, 0.1) is 5.92 Å². The molecule has 1 fully saturated rings. The SMILES string of the molecule is CN(C[C@@H]1CCCN(C)[C@H]1c1ccnn1C)C(=O)Nc1ccc2c(c1)CNCC2. The number of fused-ring (bicyclic) bond motifs is 1. The number of urea groups is 1. The molecule has 0 unspecified atom stereocenters. The van der Waals surface area contributed by atoms with Gasteiger partial charge in [-0.25, -0.2) is 4.79 Å². The minimum Gasteiger partial charge on any atom is -0.327 e. The average molecular weight is 397 g/mol. The van der Waals surface area contributed by atoms with E-state index in [0.717, 1.165) is 51.1 Å². The highest BCUT2D eigenvalue weighted by Crippen LogP contribution is 2.35. The van der Waals surface area contributed by atoms with Gasteiger partial charge in [0.05, 0.1) is 11.7 Å². The van der Waals surface area contributed by atoms with Gasteiger partial charge in [0.2, 0.25) is 0 Å². The van der Waals surface area contributed by atoms with E-state index in [2.05, 4.69) is 45.9 Å². The first-order valence-electron chi connectivity index (χ1n) is 10.6. The number of aromatic nitrogens is 2. The van der Waals surface area contributed by atoms with Crippen molar-refractivity contribution in [3.05, 3.63) is 47.3 Å². The van der Waals surface area contributed by atoms with Gasteiger partial charge in [0.25, 0.3) is 0 Å². The van der Waals surface area contributed by atoms with E-state index in [0.29, 0.717) is 5.92 Å². The predicted octanol–water partition coefficient (Wildman–Crippen LogP) is 2.61. The summed E-state index contributed by atoms with van der Waals surface area (Å²) in [5, 5.41) is 10.8. The standard InChI is InChI=1S/C22H32N6O/c1-26-12-4-5-17(21(26)20-9-11-24-28(20)3)15-27(2)22(29)25-19-7-6-16-8-10-23-14-18(16)13-19/h6-7,9,11,13,17,21,23H,4-5,8,10,12,14-15H2,1-3H3,(H,25,29)/t17-,21+/m0/s1. The third kappa shape index (κ3) is 4.31. The Labute approximate surface area is 173 Å². The van der Waals surface area contributed by atoms with Crippen molar-refractivity contribution in [3.63, 3.8) is 0 Å². The number of piperidine rings is 1. The lowest BCUT2D eigenvalue weighted by Crippen LogP contribution is -2.44. The Morgan fingerprint density at radius 2 is 2.17 bits per heavy atom. The molecule has 1 aromatic carbocycles. The lowest BCUT2D eigenvalue weighted by molar-refractivity contribution is 0.0960. The van der Waals surface area contributed by atoms with Gasteiger partial charge >= 0.3 is 6.03 Å².